The summed E-state index contributed by atoms with van der Waals surface area (Å²) in [5.41, 5.74) is 1.95. The Labute approximate surface area is 104 Å². The van der Waals surface area contributed by atoms with E-state index < -0.39 is 0 Å². The zero-order valence-corrected chi connectivity index (χ0v) is 12.4. The van der Waals surface area contributed by atoms with Crippen molar-refractivity contribution in [2.24, 2.45) is 10.8 Å². The van der Waals surface area contributed by atoms with Crippen LogP contribution < -0.4 is 0 Å². The maximum absolute atomic E-state index is 5.41. The number of hydrogen-bond acceptors (Lipinski definition) is 1. The van der Waals surface area contributed by atoms with E-state index in [9.17, 15) is 0 Å². The van der Waals surface area contributed by atoms with E-state index in [0.29, 0.717) is 0 Å². The highest BCUT2D eigenvalue weighted by Crippen LogP contribution is 2.50. The Morgan fingerprint density at radius 3 is 2.31 bits per heavy atom. The minimum absolute atomic E-state index is 0.245. The molecule has 1 atom stereocenters. The summed E-state index contributed by atoms with van der Waals surface area (Å²) in [5.74, 6) is 1.15. The first-order valence-electron chi connectivity index (χ1n) is 6.37. The minimum Gasteiger partial charge on any atom is -0.544 e. The summed E-state index contributed by atoms with van der Waals surface area (Å²) < 4.78 is 5.41. The molecule has 1 aliphatic rings. The SMILES string of the molecule is C/C1=C(\O[Si])CCCCCC1(C)C(C)(C)C. The largest absolute Gasteiger partial charge is 0.544 e. The van der Waals surface area contributed by atoms with Crippen molar-refractivity contribution in [2.75, 3.05) is 0 Å². The molecule has 0 aliphatic heterocycles. The summed E-state index contributed by atoms with van der Waals surface area (Å²) in [6, 6.07) is 0. The molecule has 16 heavy (non-hydrogen) atoms. The van der Waals surface area contributed by atoms with Gasteiger partial charge in [0.1, 0.15) is 0 Å². The van der Waals surface area contributed by atoms with Gasteiger partial charge >= 0.3 is 10.5 Å². The van der Waals surface area contributed by atoms with Crippen LogP contribution in [0.15, 0.2) is 11.3 Å². The monoisotopic (exact) mass is 237 g/mol. The van der Waals surface area contributed by atoms with Crippen LogP contribution in [0, 0.1) is 10.8 Å². The summed E-state index contributed by atoms with van der Waals surface area (Å²) in [4.78, 5) is 0. The van der Waals surface area contributed by atoms with Crippen LogP contribution in [0.3, 0.4) is 0 Å². The third kappa shape index (κ3) is 2.53. The second kappa shape index (κ2) is 4.95. The molecule has 1 rings (SSSR count). The Morgan fingerprint density at radius 1 is 1.19 bits per heavy atom. The van der Waals surface area contributed by atoms with Gasteiger partial charge in [0.2, 0.25) is 0 Å². The molecule has 0 saturated heterocycles. The van der Waals surface area contributed by atoms with Gasteiger partial charge in [-0.25, -0.2) is 0 Å². The van der Waals surface area contributed by atoms with Gasteiger partial charge in [-0.2, -0.15) is 0 Å². The van der Waals surface area contributed by atoms with Gasteiger partial charge in [-0.15, -0.1) is 0 Å². The average Bonchev–Trinajstić information content (AvgIpc) is 2.18. The Bertz CT molecular complexity index is 275. The lowest BCUT2D eigenvalue weighted by atomic mass is 9.60. The molecule has 0 saturated carbocycles. The lowest BCUT2D eigenvalue weighted by Crippen LogP contribution is -2.35. The van der Waals surface area contributed by atoms with Gasteiger partial charge in [0.05, 0.1) is 5.76 Å². The fraction of sp³-hybridized carbons (Fsp3) is 0.857. The first-order chi connectivity index (χ1) is 7.33. The standard InChI is InChI=1S/C14H25OSi/c1-11-12(15-16)9-7-6-8-10-14(11,5)13(2,3)4/h6-10H2,1-5H3/b12-11+. The molecule has 1 nitrogen and oxygen atoms in total. The van der Waals surface area contributed by atoms with Gasteiger partial charge in [-0.05, 0) is 36.2 Å². The van der Waals surface area contributed by atoms with Gasteiger partial charge in [0.15, 0.2) is 0 Å². The predicted octanol–water partition coefficient (Wildman–Crippen LogP) is 4.38. The predicted molar refractivity (Wildman–Crippen MR) is 70.2 cm³/mol. The molecule has 0 aromatic heterocycles. The Kier molecular flexibility index (Phi) is 4.27. The quantitative estimate of drug-likeness (QED) is 0.615. The topological polar surface area (TPSA) is 9.23 Å². The highest BCUT2D eigenvalue weighted by atomic mass is 28.2. The van der Waals surface area contributed by atoms with E-state index in [1.54, 1.807) is 0 Å². The lowest BCUT2D eigenvalue weighted by molar-refractivity contribution is 0.125. The zero-order valence-electron chi connectivity index (χ0n) is 11.4. The lowest BCUT2D eigenvalue weighted by Gasteiger charge is -2.45. The summed E-state index contributed by atoms with van der Waals surface area (Å²) >= 11 is 0. The molecule has 91 valence electrons. The third-order valence-electron chi connectivity index (χ3n) is 4.61. The molecule has 0 amide bonds. The maximum atomic E-state index is 5.41. The zero-order chi connectivity index (χ0) is 12.4. The molecule has 1 aliphatic carbocycles. The van der Waals surface area contributed by atoms with Crippen molar-refractivity contribution in [1.29, 1.82) is 0 Å². The number of rotatable bonds is 1. The van der Waals surface area contributed by atoms with Gasteiger partial charge in [0.25, 0.3) is 0 Å². The van der Waals surface area contributed by atoms with Crippen molar-refractivity contribution >= 4 is 10.5 Å². The minimum atomic E-state index is 0.245. The van der Waals surface area contributed by atoms with E-state index in [1.807, 2.05) is 0 Å². The van der Waals surface area contributed by atoms with E-state index in [4.69, 9.17) is 4.43 Å². The molecular formula is C14H25OSi. The smallest absolute Gasteiger partial charge is 0.340 e. The molecule has 0 spiro atoms. The third-order valence-corrected chi connectivity index (χ3v) is 4.85. The Morgan fingerprint density at radius 2 is 1.81 bits per heavy atom. The molecule has 3 radical (unpaired) electrons. The van der Waals surface area contributed by atoms with Crippen molar-refractivity contribution in [3.8, 4) is 0 Å². The molecule has 0 N–H and O–H groups in total. The van der Waals surface area contributed by atoms with Gasteiger partial charge in [0, 0.05) is 6.42 Å². The van der Waals surface area contributed by atoms with Crippen molar-refractivity contribution in [3.63, 3.8) is 0 Å². The average molecular weight is 237 g/mol. The summed E-state index contributed by atoms with van der Waals surface area (Å²) in [7, 11) is 3.22. The second-order valence-electron chi connectivity index (χ2n) is 6.29. The number of hydrogen-bond donors (Lipinski definition) is 0. The summed E-state index contributed by atoms with van der Waals surface area (Å²) in [5, 5.41) is 0. The molecule has 1 unspecified atom stereocenters. The summed E-state index contributed by atoms with van der Waals surface area (Å²) in [6.45, 7) is 11.6. The molecule has 0 aromatic carbocycles. The molecule has 2 heteroatoms. The van der Waals surface area contributed by atoms with E-state index in [0.717, 1.165) is 12.2 Å². The normalized spacial score (nSPS) is 33.1. The first kappa shape index (κ1) is 13.8. The van der Waals surface area contributed by atoms with E-state index >= 15 is 0 Å². The van der Waals surface area contributed by atoms with Crippen LogP contribution in [0.5, 0.6) is 0 Å². The number of allylic oxidation sites excluding steroid dienone is 2. The van der Waals surface area contributed by atoms with Crippen LogP contribution in [0.4, 0.5) is 0 Å². The fourth-order valence-corrected chi connectivity index (χ4v) is 2.94. The van der Waals surface area contributed by atoms with Crippen LogP contribution >= 0.6 is 0 Å². The fourth-order valence-electron chi connectivity index (χ4n) is 2.69. The maximum Gasteiger partial charge on any atom is 0.340 e. The Balaban J connectivity index is 3.16. The molecule has 0 fully saturated rings. The molecule has 0 heterocycles. The van der Waals surface area contributed by atoms with E-state index in [1.165, 1.54) is 31.3 Å². The molecular weight excluding hydrogens is 212 g/mol. The van der Waals surface area contributed by atoms with Crippen LogP contribution in [-0.4, -0.2) is 10.5 Å². The van der Waals surface area contributed by atoms with Crippen LogP contribution in [-0.2, 0) is 4.43 Å². The first-order valence-corrected chi connectivity index (χ1v) is 6.77. The highest BCUT2D eigenvalue weighted by molar-refractivity contribution is 5.98. The summed E-state index contributed by atoms with van der Waals surface area (Å²) in [6.07, 6.45) is 6.23. The molecule has 0 bridgehead atoms. The van der Waals surface area contributed by atoms with Crippen molar-refractivity contribution in [1.82, 2.24) is 0 Å². The van der Waals surface area contributed by atoms with Gasteiger partial charge in [-0.1, -0.05) is 40.5 Å². The van der Waals surface area contributed by atoms with Crippen LogP contribution in [0.1, 0.15) is 66.7 Å². The highest BCUT2D eigenvalue weighted by Gasteiger charge is 2.40. The van der Waals surface area contributed by atoms with Crippen LogP contribution in [0.2, 0.25) is 0 Å². The van der Waals surface area contributed by atoms with Gasteiger partial charge in [-0.3, -0.25) is 0 Å². The van der Waals surface area contributed by atoms with Crippen molar-refractivity contribution in [3.05, 3.63) is 11.3 Å². The van der Waals surface area contributed by atoms with E-state index in [2.05, 4.69) is 45.1 Å². The van der Waals surface area contributed by atoms with E-state index in [-0.39, 0.29) is 10.8 Å². The van der Waals surface area contributed by atoms with Crippen LogP contribution in [0.25, 0.3) is 0 Å². The second-order valence-corrected chi connectivity index (χ2v) is 6.50. The molecule has 0 aromatic rings. The van der Waals surface area contributed by atoms with Crippen molar-refractivity contribution in [2.45, 2.75) is 66.7 Å². The van der Waals surface area contributed by atoms with Crippen molar-refractivity contribution < 1.29 is 4.43 Å². The Hall–Kier alpha value is -0.243. The van der Waals surface area contributed by atoms with Gasteiger partial charge < -0.3 is 4.43 Å².